The van der Waals surface area contributed by atoms with E-state index in [1.807, 2.05) is 6.92 Å². The minimum absolute atomic E-state index is 0.0760. The fourth-order valence-corrected chi connectivity index (χ4v) is 3.34. The quantitative estimate of drug-likeness (QED) is 0.665. The van der Waals surface area contributed by atoms with Crippen LogP contribution in [-0.2, 0) is 9.59 Å². The molecule has 2 heterocycles. The molecule has 3 N–H and O–H groups in total. The topological polar surface area (TPSA) is 108 Å². The molecule has 3 atom stereocenters. The number of carbonyl (C=O) groups is 3. The lowest BCUT2D eigenvalue weighted by Crippen LogP contribution is -2.50. The second kappa shape index (κ2) is 7.74. The van der Waals surface area contributed by atoms with Crippen LogP contribution in [0.4, 0.5) is 0 Å². The highest BCUT2D eigenvalue weighted by Crippen LogP contribution is 2.23. The van der Waals surface area contributed by atoms with Crippen LogP contribution in [0.15, 0.2) is 24.3 Å². The van der Waals surface area contributed by atoms with Gasteiger partial charge in [-0.1, -0.05) is 6.07 Å². The first kappa shape index (κ1) is 18.2. The summed E-state index contributed by atoms with van der Waals surface area (Å²) < 4.78 is 5.41. The van der Waals surface area contributed by atoms with Crippen molar-refractivity contribution >= 4 is 17.7 Å². The van der Waals surface area contributed by atoms with Crippen molar-refractivity contribution in [1.82, 2.24) is 15.5 Å². The molecule has 8 heteroatoms. The van der Waals surface area contributed by atoms with E-state index in [1.54, 1.807) is 24.3 Å². The second-order valence-electron chi connectivity index (χ2n) is 6.46. The number of hydrogen-bond donors (Lipinski definition) is 3. The molecule has 1 aromatic rings. The third-order valence-electron chi connectivity index (χ3n) is 4.60. The smallest absolute Gasteiger partial charge is 0.254 e. The number of carbonyl (C=O) groups excluding carboxylic acids is 3. The van der Waals surface area contributed by atoms with Gasteiger partial charge in [-0.15, -0.1) is 0 Å². The molecule has 140 valence electrons. The lowest BCUT2D eigenvalue weighted by Gasteiger charge is -2.25. The van der Waals surface area contributed by atoms with Gasteiger partial charge in [-0.05, 0) is 31.5 Å². The molecular weight excluding hydrogens is 338 g/mol. The number of rotatable bonds is 5. The predicted molar refractivity (Wildman–Crippen MR) is 92.6 cm³/mol. The maximum atomic E-state index is 12.9. The van der Waals surface area contributed by atoms with Gasteiger partial charge in [0, 0.05) is 25.1 Å². The molecule has 0 bridgehead atoms. The zero-order chi connectivity index (χ0) is 18.7. The Morgan fingerprint density at radius 2 is 2.23 bits per heavy atom. The maximum Gasteiger partial charge on any atom is 0.254 e. The largest absolute Gasteiger partial charge is 0.494 e. The number of aliphatic hydroxyl groups is 1. The van der Waals surface area contributed by atoms with E-state index in [4.69, 9.17) is 4.74 Å². The van der Waals surface area contributed by atoms with Gasteiger partial charge >= 0.3 is 0 Å². The van der Waals surface area contributed by atoms with Crippen molar-refractivity contribution in [2.45, 2.75) is 38.0 Å². The van der Waals surface area contributed by atoms with Crippen LogP contribution in [0.25, 0.3) is 0 Å². The first-order valence-electron chi connectivity index (χ1n) is 8.79. The van der Waals surface area contributed by atoms with E-state index in [9.17, 15) is 19.5 Å². The van der Waals surface area contributed by atoms with Crippen molar-refractivity contribution in [3.63, 3.8) is 0 Å². The predicted octanol–water partition coefficient (Wildman–Crippen LogP) is -0.335. The lowest BCUT2D eigenvalue weighted by atomic mass is 10.1. The fraction of sp³-hybridized carbons (Fsp3) is 0.500. The van der Waals surface area contributed by atoms with Crippen molar-refractivity contribution in [2.24, 2.45) is 0 Å². The van der Waals surface area contributed by atoms with E-state index < -0.39 is 24.1 Å². The molecule has 2 saturated heterocycles. The van der Waals surface area contributed by atoms with Gasteiger partial charge in [0.15, 0.2) is 0 Å². The van der Waals surface area contributed by atoms with Crippen molar-refractivity contribution < 1.29 is 24.2 Å². The Morgan fingerprint density at radius 1 is 1.42 bits per heavy atom. The van der Waals surface area contributed by atoms with Gasteiger partial charge in [0.25, 0.3) is 5.91 Å². The zero-order valence-corrected chi connectivity index (χ0v) is 14.6. The van der Waals surface area contributed by atoms with Gasteiger partial charge in [0.05, 0.1) is 12.7 Å². The van der Waals surface area contributed by atoms with E-state index in [1.165, 1.54) is 4.90 Å². The Bertz CT molecular complexity index is 708. The van der Waals surface area contributed by atoms with Gasteiger partial charge < -0.3 is 25.4 Å². The number of ether oxygens (including phenoxy) is 1. The Balaban J connectivity index is 1.74. The zero-order valence-electron chi connectivity index (χ0n) is 14.6. The van der Waals surface area contributed by atoms with Gasteiger partial charge in [-0.2, -0.15) is 0 Å². The summed E-state index contributed by atoms with van der Waals surface area (Å²) in [6, 6.07) is 5.34. The number of hydrogen-bond acceptors (Lipinski definition) is 5. The van der Waals surface area contributed by atoms with Crippen molar-refractivity contribution in [3.8, 4) is 5.75 Å². The van der Waals surface area contributed by atoms with E-state index in [0.717, 1.165) is 0 Å². The highest BCUT2D eigenvalue weighted by Gasteiger charge is 2.40. The number of nitrogens with zero attached hydrogens (tertiary/aromatic N) is 1. The fourth-order valence-electron chi connectivity index (χ4n) is 3.34. The highest BCUT2D eigenvalue weighted by molar-refractivity contribution is 5.99. The number of nitrogens with one attached hydrogen (secondary N) is 2. The number of benzene rings is 1. The summed E-state index contributed by atoms with van der Waals surface area (Å²) in [5.74, 6) is -0.419. The molecule has 0 spiro atoms. The third kappa shape index (κ3) is 3.80. The van der Waals surface area contributed by atoms with E-state index in [0.29, 0.717) is 30.9 Å². The van der Waals surface area contributed by atoms with Crippen LogP contribution in [0.3, 0.4) is 0 Å². The summed E-state index contributed by atoms with van der Waals surface area (Å²) in [5.41, 5.74) is 0.390. The van der Waals surface area contributed by atoms with Gasteiger partial charge in [0.2, 0.25) is 11.8 Å². The molecule has 26 heavy (non-hydrogen) atoms. The van der Waals surface area contributed by atoms with Crippen LogP contribution in [0, 0.1) is 0 Å². The molecule has 1 unspecified atom stereocenters. The second-order valence-corrected chi connectivity index (χ2v) is 6.46. The average molecular weight is 361 g/mol. The monoisotopic (exact) mass is 361 g/mol. The average Bonchev–Trinajstić information content (AvgIpc) is 3.21. The SMILES string of the molecule is CCOc1cccc(C(=O)N2C[C@H](O)C[C@H]2C(=O)NC2CCNC2=O)c1. The number of likely N-dealkylation sites (tertiary alicyclic amines) is 1. The summed E-state index contributed by atoms with van der Waals surface area (Å²) in [5, 5.41) is 15.3. The number of β-amino-alcohol motifs (C(OH)–C–C–N with tert-alkyl or cyclic N) is 1. The summed E-state index contributed by atoms with van der Waals surface area (Å²) >= 11 is 0. The molecule has 3 amide bonds. The Morgan fingerprint density at radius 3 is 2.92 bits per heavy atom. The van der Waals surface area contributed by atoms with Crippen LogP contribution >= 0.6 is 0 Å². The van der Waals surface area contributed by atoms with Crippen molar-refractivity contribution in [1.29, 1.82) is 0 Å². The van der Waals surface area contributed by atoms with Gasteiger partial charge in [-0.3, -0.25) is 14.4 Å². The molecule has 8 nitrogen and oxygen atoms in total. The summed E-state index contributed by atoms with van der Waals surface area (Å²) in [4.78, 5) is 38.5. The van der Waals surface area contributed by atoms with Gasteiger partial charge in [-0.25, -0.2) is 0 Å². The number of aliphatic hydroxyl groups excluding tert-OH is 1. The molecular formula is C18H23N3O5. The van der Waals surface area contributed by atoms with Crippen LogP contribution in [0.5, 0.6) is 5.75 Å². The Kier molecular flexibility index (Phi) is 5.41. The molecule has 1 aromatic carbocycles. The van der Waals surface area contributed by atoms with Crippen LogP contribution < -0.4 is 15.4 Å². The minimum Gasteiger partial charge on any atom is -0.494 e. The number of amides is 3. The summed E-state index contributed by atoms with van der Waals surface area (Å²) in [6.07, 6.45) is -0.108. The first-order valence-corrected chi connectivity index (χ1v) is 8.79. The molecule has 3 rings (SSSR count). The molecule has 2 aliphatic heterocycles. The highest BCUT2D eigenvalue weighted by atomic mass is 16.5. The van der Waals surface area contributed by atoms with Crippen LogP contribution in [-0.4, -0.2) is 65.6 Å². The lowest BCUT2D eigenvalue weighted by molar-refractivity contribution is -0.129. The standard InChI is InChI=1S/C18H23N3O5/c1-2-26-13-5-3-4-11(8-13)18(25)21-10-12(22)9-15(21)17(24)20-14-6-7-19-16(14)23/h3-5,8,12,14-15,22H,2,6-7,9-10H2,1H3,(H,19,23)(H,20,24)/t12-,14?,15+/m1/s1. The van der Waals surface area contributed by atoms with Crippen LogP contribution in [0.2, 0.25) is 0 Å². The summed E-state index contributed by atoms with van der Waals surface area (Å²) in [6.45, 7) is 2.93. The Hall–Kier alpha value is -2.61. The normalized spacial score (nSPS) is 25.1. The third-order valence-corrected chi connectivity index (χ3v) is 4.60. The Labute approximate surface area is 151 Å². The molecule has 0 radical (unpaired) electrons. The summed E-state index contributed by atoms with van der Waals surface area (Å²) in [7, 11) is 0. The van der Waals surface area contributed by atoms with E-state index in [2.05, 4.69) is 10.6 Å². The molecule has 2 aliphatic rings. The van der Waals surface area contributed by atoms with Crippen molar-refractivity contribution in [2.75, 3.05) is 19.7 Å². The first-order chi connectivity index (χ1) is 12.5. The maximum absolute atomic E-state index is 12.9. The van der Waals surface area contributed by atoms with Crippen molar-refractivity contribution in [3.05, 3.63) is 29.8 Å². The van der Waals surface area contributed by atoms with E-state index in [-0.39, 0.29) is 24.8 Å². The molecule has 0 aliphatic carbocycles. The molecule has 0 saturated carbocycles. The molecule has 2 fully saturated rings. The van der Waals surface area contributed by atoms with E-state index >= 15 is 0 Å². The minimum atomic E-state index is -0.804. The van der Waals surface area contributed by atoms with Crippen LogP contribution in [0.1, 0.15) is 30.1 Å². The van der Waals surface area contributed by atoms with Gasteiger partial charge in [0.1, 0.15) is 17.8 Å². The molecule has 0 aromatic heterocycles.